The molecule has 5 heteroatoms. The highest BCUT2D eigenvalue weighted by Crippen LogP contribution is 2.13. The van der Waals surface area contributed by atoms with Crippen LogP contribution >= 0.6 is 0 Å². The van der Waals surface area contributed by atoms with Crippen LogP contribution < -0.4 is 11.1 Å². The average Bonchev–Trinajstić information content (AvgIpc) is 2.98. The Morgan fingerprint density at radius 2 is 2.29 bits per heavy atom. The third-order valence-electron chi connectivity index (χ3n) is 3.38. The van der Waals surface area contributed by atoms with E-state index in [0.717, 1.165) is 17.7 Å². The Labute approximate surface area is 125 Å². The van der Waals surface area contributed by atoms with Gasteiger partial charge >= 0.3 is 0 Å². The Morgan fingerprint density at radius 1 is 1.43 bits per heavy atom. The van der Waals surface area contributed by atoms with Crippen molar-refractivity contribution in [3.05, 3.63) is 48.3 Å². The molecule has 2 aromatic rings. The van der Waals surface area contributed by atoms with Gasteiger partial charge in [-0.1, -0.05) is 19.1 Å². The number of amides is 1. The number of hydrogen-bond acceptors (Lipinski definition) is 3. The van der Waals surface area contributed by atoms with Crippen molar-refractivity contribution in [3.63, 3.8) is 0 Å². The van der Waals surface area contributed by atoms with E-state index in [1.807, 2.05) is 41.2 Å². The number of aromatic nitrogens is 2. The van der Waals surface area contributed by atoms with Crippen LogP contribution in [0.25, 0.3) is 0 Å². The van der Waals surface area contributed by atoms with E-state index in [-0.39, 0.29) is 5.91 Å². The molecule has 0 aliphatic rings. The molecule has 5 nitrogen and oxygen atoms in total. The number of rotatable bonds is 7. The van der Waals surface area contributed by atoms with Crippen molar-refractivity contribution in [2.24, 2.45) is 11.7 Å². The molecule has 0 fully saturated rings. The third-order valence-corrected chi connectivity index (χ3v) is 3.38. The summed E-state index contributed by atoms with van der Waals surface area (Å²) in [5, 5.41) is 7.11. The van der Waals surface area contributed by atoms with Crippen LogP contribution in [0.5, 0.6) is 0 Å². The molecule has 0 aliphatic carbocycles. The zero-order valence-electron chi connectivity index (χ0n) is 12.3. The fraction of sp³-hybridized carbons (Fsp3) is 0.375. The molecular formula is C16H22N4O. The lowest BCUT2D eigenvalue weighted by Gasteiger charge is -2.10. The number of benzene rings is 1. The highest BCUT2D eigenvalue weighted by molar-refractivity contribution is 5.90. The summed E-state index contributed by atoms with van der Waals surface area (Å²) in [4.78, 5) is 11.9. The normalized spacial score (nSPS) is 12.1. The molecule has 1 aromatic heterocycles. The number of nitrogens with zero attached hydrogens (tertiary/aromatic N) is 2. The van der Waals surface area contributed by atoms with E-state index in [0.29, 0.717) is 25.4 Å². The Morgan fingerprint density at radius 3 is 3.00 bits per heavy atom. The molecule has 3 N–H and O–H groups in total. The van der Waals surface area contributed by atoms with Crippen LogP contribution in [-0.4, -0.2) is 22.2 Å². The summed E-state index contributed by atoms with van der Waals surface area (Å²) < 4.78 is 1.85. The summed E-state index contributed by atoms with van der Waals surface area (Å²) in [6.07, 6.45) is 4.99. The van der Waals surface area contributed by atoms with Gasteiger partial charge < -0.3 is 11.1 Å². The maximum Gasteiger partial charge on any atom is 0.224 e. The van der Waals surface area contributed by atoms with E-state index in [4.69, 9.17) is 5.73 Å². The maximum absolute atomic E-state index is 11.9. The van der Waals surface area contributed by atoms with Gasteiger partial charge in [0, 0.05) is 24.5 Å². The number of anilines is 1. The van der Waals surface area contributed by atoms with Gasteiger partial charge in [0.15, 0.2) is 0 Å². The van der Waals surface area contributed by atoms with Crippen molar-refractivity contribution in [1.82, 2.24) is 9.78 Å². The maximum atomic E-state index is 11.9. The van der Waals surface area contributed by atoms with Crippen LogP contribution in [0.4, 0.5) is 5.69 Å². The second kappa shape index (κ2) is 7.59. The van der Waals surface area contributed by atoms with Gasteiger partial charge in [-0.05, 0) is 42.6 Å². The van der Waals surface area contributed by atoms with Crippen molar-refractivity contribution in [2.75, 3.05) is 11.9 Å². The Kier molecular flexibility index (Phi) is 5.51. The predicted molar refractivity (Wildman–Crippen MR) is 83.9 cm³/mol. The lowest BCUT2D eigenvalue weighted by atomic mass is 10.1. The summed E-state index contributed by atoms with van der Waals surface area (Å²) in [5.41, 5.74) is 7.48. The molecule has 0 aliphatic heterocycles. The molecule has 0 radical (unpaired) electrons. The van der Waals surface area contributed by atoms with Gasteiger partial charge in [0.1, 0.15) is 0 Å². The molecule has 112 valence electrons. The fourth-order valence-corrected chi connectivity index (χ4v) is 2.05. The minimum Gasteiger partial charge on any atom is -0.330 e. The molecule has 21 heavy (non-hydrogen) atoms. The Hall–Kier alpha value is -2.14. The summed E-state index contributed by atoms with van der Waals surface area (Å²) in [5.74, 6) is 0.411. The molecule has 0 saturated carbocycles. The van der Waals surface area contributed by atoms with E-state index in [1.54, 1.807) is 6.20 Å². The average molecular weight is 286 g/mol. The van der Waals surface area contributed by atoms with Crippen molar-refractivity contribution in [2.45, 2.75) is 26.3 Å². The molecule has 1 aromatic carbocycles. The monoisotopic (exact) mass is 286 g/mol. The van der Waals surface area contributed by atoms with E-state index < -0.39 is 0 Å². The lowest BCUT2D eigenvalue weighted by Crippen LogP contribution is -2.16. The topological polar surface area (TPSA) is 72.9 Å². The van der Waals surface area contributed by atoms with Crippen molar-refractivity contribution >= 4 is 11.6 Å². The molecule has 1 amide bonds. The number of nitrogens with two attached hydrogens (primary N) is 1. The summed E-state index contributed by atoms with van der Waals surface area (Å²) in [6.45, 7) is 3.37. The van der Waals surface area contributed by atoms with Gasteiger partial charge in [-0.25, -0.2) is 0 Å². The first kappa shape index (κ1) is 15.3. The minimum atomic E-state index is 0.0338. The first-order valence-electron chi connectivity index (χ1n) is 7.23. The van der Waals surface area contributed by atoms with Gasteiger partial charge in [0.2, 0.25) is 5.91 Å². The van der Waals surface area contributed by atoms with Gasteiger partial charge in [-0.15, -0.1) is 0 Å². The zero-order chi connectivity index (χ0) is 15.1. The first-order valence-corrected chi connectivity index (χ1v) is 7.23. The van der Waals surface area contributed by atoms with Crippen LogP contribution in [0.1, 0.15) is 25.3 Å². The van der Waals surface area contributed by atoms with Gasteiger partial charge in [0.25, 0.3) is 0 Å². The lowest BCUT2D eigenvalue weighted by molar-refractivity contribution is -0.116. The highest BCUT2D eigenvalue weighted by Gasteiger charge is 2.06. The molecule has 0 spiro atoms. The molecule has 1 unspecified atom stereocenters. The second-order valence-corrected chi connectivity index (χ2v) is 5.33. The Balaban J connectivity index is 1.90. The van der Waals surface area contributed by atoms with Crippen molar-refractivity contribution in [3.8, 4) is 0 Å². The van der Waals surface area contributed by atoms with E-state index in [2.05, 4.69) is 17.3 Å². The number of nitrogens with one attached hydrogen (secondary N) is 1. The first-order chi connectivity index (χ1) is 10.2. The van der Waals surface area contributed by atoms with Crippen LogP contribution in [0, 0.1) is 5.92 Å². The number of hydrogen-bond donors (Lipinski definition) is 2. The van der Waals surface area contributed by atoms with Gasteiger partial charge in [-0.2, -0.15) is 5.10 Å². The van der Waals surface area contributed by atoms with Crippen LogP contribution in [0.3, 0.4) is 0 Å². The van der Waals surface area contributed by atoms with E-state index in [1.165, 1.54) is 0 Å². The van der Waals surface area contributed by atoms with E-state index >= 15 is 0 Å². The van der Waals surface area contributed by atoms with Crippen LogP contribution in [0.15, 0.2) is 42.7 Å². The number of carbonyl (C=O) groups is 1. The molecule has 1 atom stereocenters. The molecule has 1 heterocycles. The van der Waals surface area contributed by atoms with Crippen LogP contribution in [-0.2, 0) is 11.3 Å². The van der Waals surface area contributed by atoms with Crippen molar-refractivity contribution in [1.29, 1.82) is 0 Å². The summed E-state index contributed by atoms with van der Waals surface area (Å²) in [7, 11) is 0. The molecule has 0 saturated heterocycles. The second-order valence-electron chi connectivity index (χ2n) is 5.33. The summed E-state index contributed by atoms with van der Waals surface area (Å²) >= 11 is 0. The third kappa shape index (κ3) is 5.04. The quantitative estimate of drug-likeness (QED) is 0.820. The largest absolute Gasteiger partial charge is 0.330 e. The van der Waals surface area contributed by atoms with Crippen LogP contribution in [0.2, 0.25) is 0 Å². The standard InChI is InChI=1S/C16H22N4O/c1-13(11-17)6-7-16(21)19-15-5-2-4-14(10-15)12-20-9-3-8-18-20/h2-5,8-10,13H,6-7,11-12,17H2,1H3,(H,19,21). The SMILES string of the molecule is CC(CN)CCC(=O)Nc1cccc(Cn2cccn2)c1. The number of carbonyl (C=O) groups excluding carboxylic acids is 1. The summed E-state index contributed by atoms with van der Waals surface area (Å²) in [6, 6.07) is 9.73. The molecule has 0 bridgehead atoms. The van der Waals surface area contributed by atoms with Gasteiger partial charge in [-0.3, -0.25) is 9.48 Å². The molecular weight excluding hydrogens is 264 g/mol. The predicted octanol–water partition coefficient (Wildman–Crippen LogP) is 2.24. The Bertz CT molecular complexity index is 565. The van der Waals surface area contributed by atoms with Crippen molar-refractivity contribution < 1.29 is 4.79 Å². The fourth-order valence-electron chi connectivity index (χ4n) is 2.05. The smallest absolute Gasteiger partial charge is 0.224 e. The van der Waals surface area contributed by atoms with E-state index in [9.17, 15) is 4.79 Å². The van der Waals surface area contributed by atoms with Gasteiger partial charge in [0.05, 0.1) is 6.54 Å². The minimum absolute atomic E-state index is 0.0338. The zero-order valence-corrected chi connectivity index (χ0v) is 12.3. The molecule has 2 rings (SSSR count). The highest BCUT2D eigenvalue weighted by atomic mass is 16.1.